The van der Waals surface area contributed by atoms with E-state index in [9.17, 15) is 18.0 Å². The number of nitrogens with one attached hydrogen (secondary N) is 1. The van der Waals surface area contributed by atoms with Crippen molar-refractivity contribution in [2.24, 2.45) is 0 Å². The molecule has 3 rings (SSSR count). The highest BCUT2D eigenvalue weighted by Gasteiger charge is 2.29. The number of rotatable bonds is 6. The third kappa shape index (κ3) is 5.14. The third-order valence-electron chi connectivity index (χ3n) is 4.25. The van der Waals surface area contributed by atoms with E-state index in [2.05, 4.69) is 17.2 Å². The summed E-state index contributed by atoms with van der Waals surface area (Å²) in [6.07, 6.45) is 1.33. The Morgan fingerprint density at radius 1 is 1.30 bits per heavy atom. The Bertz CT molecular complexity index is 935. The van der Waals surface area contributed by atoms with E-state index in [1.165, 1.54) is 16.9 Å². The van der Waals surface area contributed by atoms with Gasteiger partial charge in [0.05, 0.1) is 11.5 Å². The number of aromatic nitrogens is 1. The Kier molecular flexibility index (Phi) is 5.91. The molecule has 1 aromatic carbocycles. The van der Waals surface area contributed by atoms with Crippen molar-refractivity contribution in [3.8, 4) is 10.6 Å². The average Bonchev–Trinajstić information content (AvgIpc) is 3.26. The van der Waals surface area contributed by atoms with Crippen LogP contribution in [0.4, 0.5) is 0 Å². The van der Waals surface area contributed by atoms with Crippen molar-refractivity contribution in [1.29, 1.82) is 0 Å². The molecule has 2 heterocycles. The van der Waals surface area contributed by atoms with Gasteiger partial charge in [-0.05, 0) is 18.4 Å². The number of hydrogen-bond donors (Lipinski definition) is 1. The number of amides is 1. The molecule has 7 nitrogen and oxygen atoms in total. The quantitative estimate of drug-likeness (QED) is 0.732. The maximum Gasteiger partial charge on any atom is 0.358 e. The summed E-state index contributed by atoms with van der Waals surface area (Å²) < 4.78 is 27.8. The summed E-state index contributed by atoms with van der Waals surface area (Å²) in [5, 5.41) is 4.86. The Morgan fingerprint density at radius 3 is 2.67 bits per heavy atom. The molecule has 27 heavy (non-hydrogen) atoms. The normalized spacial score (nSPS) is 18.2. The fourth-order valence-corrected chi connectivity index (χ4v) is 5.24. The zero-order valence-corrected chi connectivity index (χ0v) is 16.4. The monoisotopic (exact) mass is 408 g/mol. The van der Waals surface area contributed by atoms with Gasteiger partial charge in [0.2, 0.25) is 0 Å². The van der Waals surface area contributed by atoms with Crippen molar-refractivity contribution in [3.63, 3.8) is 0 Å². The molecule has 144 valence electrons. The number of carbonyl (C=O) groups is 2. The van der Waals surface area contributed by atoms with Crippen molar-refractivity contribution >= 4 is 33.1 Å². The van der Waals surface area contributed by atoms with E-state index in [-0.39, 0.29) is 17.2 Å². The first kappa shape index (κ1) is 19.5. The molecule has 2 aromatic rings. The molecule has 9 heteroatoms. The standard InChI is InChI=1S/C18H20N2O5S2/c1-2-12-3-5-13(6-4-12)17-20-15(10-26-17)18(22)25-9-16(21)19-14-7-8-27(23,24)11-14/h3-6,10,14H,2,7-9,11H2,1H3,(H,19,21)/t14-/m1/s1. The minimum atomic E-state index is -3.07. The largest absolute Gasteiger partial charge is 0.451 e. The molecule has 0 radical (unpaired) electrons. The van der Waals surface area contributed by atoms with Crippen LogP contribution in [0.3, 0.4) is 0 Å². The van der Waals surface area contributed by atoms with Gasteiger partial charge in [-0.1, -0.05) is 31.2 Å². The SMILES string of the molecule is CCc1ccc(-c2nc(C(=O)OCC(=O)N[C@@H]3CCS(=O)(=O)C3)cs2)cc1. The van der Waals surface area contributed by atoms with Gasteiger partial charge in [-0.2, -0.15) is 0 Å². The Hall–Kier alpha value is -2.26. The first-order valence-electron chi connectivity index (χ1n) is 8.58. The van der Waals surface area contributed by atoms with E-state index >= 15 is 0 Å². The van der Waals surface area contributed by atoms with E-state index in [0.29, 0.717) is 11.4 Å². The highest BCUT2D eigenvalue weighted by atomic mass is 32.2. The minimum Gasteiger partial charge on any atom is -0.451 e. The molecular formula is C18H20N2O5S2. The van der Waals surface area contributed by atoms with Gasteiger partial charge in [0.25, 0.3) is 5.91 Å². The van der Waals surface area contributed by atoms with Crippen LogP contribution in [0.15, 0.2) is 29.6 Å². The molecule has 1 fully saturated rings. The van der Waals surface area contributed by atoms with Crippen LogP contribution in [-0.2, 0) is 25.8 Å². The molecule has 1 amide bonds. The number of carbonyl (C=O) groups excluding carboxylic acids is 2. The number of nitrogens with zero attached hydrogens (tertiary/aromatic N) is 1. The third-order valence-corrected chi connectivity index (χ3v) is 6.91. The molecule has 0 bridgehead atoms. The molecular weight excluding hydrogens is 388 g/mol. The summed E-state index contributed by atoms with van der Waals surface area (Å²) in [5.74, 6) is -1.20. The second-order valence-corrected chi connectivity index (χ2v) is 9.42. The van der Waals surface area contributed by atoms with Crippen LogP contribution < -0.4 is 5.32 Å². The number of sulfone groups is 1. The summed E-state index contributed by atoms with van der Waals surface area (Å²) in [4.78, 5) is 28.2. The van der Waals surface area contributed by atoms with Gasteiger partial charge in [-0.3, -0.25) is 4.79 Å². The van der Waals surface area contributed by atoms with Crippen LogP contribution >= 0.6 is 11.3 Å². The van der Waals surface area contributed by atoms with Gasteiger partial charge in [0.1, 0.15) is 5.01 Å². The Balaban J connectivity index is 1.52. The molecule has 0 unspecified atom stereocenters. The summed E-state index contributed by atoms with van der Waals surface area (Å²) in [5.41, 5.74) is 2.28. The van der Waals surface area contributed by atoms with Gasteiger partial charge in [0, 0.05) is 17.0 Å². The van der Waals surface area contributed by atoms with E-state index in [0.717, 1.165) is 12.0 Å². The lowest BCUT2D eigenvalue weighted by Crippen LogP contribution is -2.38. The van der Waals surface area contributed by atoms with Crippen molar-refractivity contribution in [2.75, 3.05) is 18.1 Å². The summed E-state index contributed by atoms with van der Waals surface area (Å²) in [6.45, 7) is 1.61. The highest BCUT2D eigenvalue weighted by molar-refractivity contribution is 7.91. The maximum atomic E-state index is 12.1. The van der Waals surface area contributed by atoms with Crippen LogP contribution in [0.5, 0.6) is 0 Å². The highest BCUT2D eigenvalue weighted by Crippen LogP contribution is 2.24. The molecule has 0 spiro atoms. The lowest BCUT2D eigenvalue weighted by molar-refractivity contribution is -0.124. The molecule has 1 N–H and O–H groups in total. The second kappa shape index (κ2) is 8.18. The van der Waals surface area contributed by atoms with Crippen molar-refractivity contribution in [2.45, 2.75) is 25.8 Å². The van der Waals surface area contributed by atoms with Crippen molar-refractivity contribution in [3.05, 3.63) is 40.9 Å². The van der Waals surface area contributed by atoms with Crippen LogP contribution in [0.1, 0.15) is 29.4 Å². The zero-order chi connectivity index (χ0) is 19.4. The average molecular weight is 409 g/mol. The molecule has 1 aliphatic heterocycles. The minimum absolute atomic E-state index is 0.0680. The summed E-state index contributed by atoms with van der Waals surface area (Å²) in [6, 6.07) is 7.52. The number of aryl methyl sites for hydroxylation is 1. The number of thiazole rings is 1. The second-order valence-electron chi connectivity index (χ2n) is 6.33. The first-order valence-corrected chi connectivity index (χ1v) is 11.3. The molecule has 1 saturated heterocycles. The zero-order valence-electron chi connectivity index (χ0n) is 14.8. The van der Waals surface area contributed by atoms with Crippen LogP contribution in [0.2, 0.25) is 0 Å². The van der Waals surface area contributed by atoms with Gasteiger partial charge in [0.15, 0.2) is 22.1 Å². The number of hydrogen-bond acceptors (Lipinski definition) is 7. The van der Waals surface area contributed by atoms with Crippen LogP contribution in [-0.4, -0.2) is 49.4 Å². The molecule has 1 aromatic heterocycles. The number of esters is 1. The topological polar surface area (TPSA) is 102 Å². The predicted molar refractivity (Wildman–Crippen MR) is 102 cm³/mol. The first-order chi connectivity index (χ1) is 12.9. The van der Waals surface area contributed by atoms with Gasteiger partial charge >= 0.3 is 5.97 Å². The lowest BCUT2D eigenvalue weighted by Gasteiger charge is -2.10. The Morgan fingerprint density at radius 2 is 2.04 bits per heavy atom. The summed E-state index contributed by atoms with van der Waals surface area (Å²) >= 11 is 1.33. The number of ether oxygens (including phenoxy) is 1. The van der Waals surface area contributed by atoms with E-state index in [4.69, 9.17) is 4.74 Å². The van der Waals surface area contributed by atoms with Crippen LogP contribution in [0, 0.1) is 0 Å². The molecule has 1 atom stereocenters. The van der Waals surface area contributed by atoms with Crippen molar-refractivity contribution in [1.82, 2.24) is 10.3 Å². The summed E-state index contributed by atoms with van der Waals surface area (Å²) in [7, 11) is -3.07. The number of benzene rings is 1. The van der Waals surface area contributed by atoms with E-state index in [1.54, 1.807) is 5.38 Å². The van der Waals surface area contributed by atoms with Crippen molar-refractivity contribution < 1.29 is 22.7 Å². The predicted octanol–water partition coefficient (Wildman–Crippen LogP) is 1.83. The smallest absolute Gasteiger partial charge is 0.358 e. The van der Waals surface area contributed by atoms with Gasteiger partial charge < -0.3 is 10.1 Å². The molecule has 0 aliphatic carbocycles. The van der Waals surface area contributed by atoms with E-state index in [1.807, 2.05) is 24.3 Å². The fraction of sp³-hybridized carbons (Fsp3) is 0.389. The molecule has 1 aliphatic rings. The van der Waals surface area contributed by atoms with Gasteiger partial charge in [-0.25, -0.2) is 18.2 Å². The fourth-order valence-electron chi connectivity index (χ4n) is 2.77. The maximum absolute atomic E-state index is 12.1. The lowest BCUT2D eigenvalue weighted by atomic mass is 10.1. The van der Waals surface area contributed by atoms with Crippen LogP contribution in [0.25, 0.3) is 10.6 Å². The van der Waals surface area contributed by atoms with Gasteiger partial charge in [-0.15, -0.1) is 11.3 Å². The Labute approximate surface area is 161 Å². The molecule has 0 saturated carbocycles. The van der Waals surface area contributed by atoms with E-state index < -0.39 is 34.4 Å².